The standard InChI is InChI=1S/C14H14N4O/c15-7-12-10(8-2-1-3-9(16)6-8)4-5-11(13(12)17)14(18)19/h1-7,15H,16-17H2,(H2,18,19). The Hall–Kier alpha value is -2.82. The van der Waals surface area contributed by atoms with E-state index in [1.165, 1.54) is 0 Å². The molecule has 0 saturated carbocycles. The summed E-state index contributed by atoms with van der Waals surface area (Å²) in [6.07, 6.45) is 1.11. The number of amides is 1. The second-order valence-corrected chi connectivity index (χ2v) is 4.12. The minimum absolute atomic E-state index is 0.211. The predicted octanol–water partition coefficient (Wildman–Crippen LogP) is 1.61. The Balaban J connectivity index is 2.69. The van der Waals surface area contributed by atoms with Crippen LogP contribution in [0.2, 0.25) is 0 Å². The molecule has 0 unspecified atom stereocenters. The number of benzene rings is 2. The molecule has 19 heavy (non-hydrogen) atoms. The van der Waals surface area contributed by atoms with Gasteiger partial charge in [-0.1, -0.05) is 18.2 Å². The van der Waals surface area contributed by atoms with E-state index in [4.69, 9.17) is 22.6 Å². The van der Waals surface area contributed by atoms with Gasteiger partial charge in [0.15, 0.2) is 0 Å². The molecule has 0 heterocycles. The summed E-state index contributed by atoms with van der Waals surface area (Å²) in [5.74, 6) is -0.611. The minimum Gasteiger partial charge on any atom is -0.399 e. The van der Waals surface area contributed by atoms with E-state index in [0.717, 1.165) is 17.3 Å². The van der Waals surface area contributed by atoms with Gasteiger partial charge in [-0.15, -0.1) is 0 Å². The monoisotopic (exact) mass is 254 g/mol. The highest BCUT2D eigenvalue weighted by Gasteiger charge is 2.13. The molecule has 0 aliphatic heterocycles. The topological polar surface area (TPSA) is 119 Å². The molecule has 1 amide bonds. The second-order valence-electron chi connectivity index (χ2n) is 4.12. The van der Waals surface area contributed by atoms with Gasteiger partial charge in [0.05, 0.1) is 11.3 Å². The van der Waals surface area contributed by atoms with Gasteiger partial charge in [0.25, 0.3) is 5.91 Å². The number of anilines is 2. The summed E-state index contributed by atoms with van der Waals surface area (Å²) >= 11 is 0. The van der Waals surface area contributed by atoms with Gasteiger partial charge in [0.2, 0.25) is 0 Å². The zero-order valence-electron chi connectivity index (χ0n) is 10.2. The molecule has 7 N–H and O–H groups in total. The largest absolute Gasteiger partial charge is 0.399 e. The van der Waals surface area contributed by atoms with Gasteiger partial charge in [-0.25, -0.2) is 0 Å². The van der Waals surface area contributed by atoms with Crippen LogP contribution in [0.3, 0.4) is 0 Å². The molecular weight excluding hydrogens is 240 g/mol. The van der Waals surface area contributed by atoms with E-state index in [1.54, 1.807) is 24.3 Å². The fraction of sp³-hybridized carbons (Fsp3) is 0. The third-order valence-corrected chi connectivity index (χ3v) is 2.89. The van der Waals surface area contributed by atoms with Crippen LogP contribution in [-0.4, -0.2) is 12.1 Å². The molecule has 0 radical (unpaired) electrons. The normalized spacial score (nSPS) is 10.1. The number of nitrogens with two attached hydrogens (primary N) is 3. The van der Waals surface area contributed by atoms with Crippen molar-refractivity contribution in [3.05, 3.63) is 47.5 Å². The number of hydrogen-bond acceptors (Lipinski definition) is 4. The highest BCUT2D eigenvalue weighted by atomic mass is 16.1. The number of carbonyl (C=O) groups is 1. The first-order valence-corrected chi connectivity index (χ1v) is 5.63. The van der Waals surface area contributed by atoms with E-state index >= 15 is 0 Å². The lowest BCUT2D eigenvalue weighted by molar-refractivity contribution is 0.100. The lowest BCUT2D eigenvalue weighted by Gasteiger charge is -2.12. The third-order valence-electron chi connectivity index (χ3n) is 2.89. The van der Waals surface area contributed by atoms with E-state index in [0.29, 0.717) is 11.3 Å². The van der Waals surface area contributed by atoms with E-state index in [9.17, 15) is 4.79 Å². The van der Waals surface area contributed by atoms with Crippen LogP contribution in [-0.2, 0) is 0 Å². The van der Waals surface area contributed by atoms with Crippen LogP contribution in [0.5, 0.6) is 0 Å². The van der Waals surface area contributed by atoms with Gasteiger partial charge in [-0.3, -0.25) is 4.79 Å². The Kier molecular flexibility index (Phi) is 3.20. The van der Waals surface area contributed by atoms with Gasteiger partial charge >= 0.3 is 0 Å². The van der Waals surface area contributed by atoms with Crippen LogP contribution in [0.15, 0.2) is 36.4 Å². The number of primary amides is 1. The van der Waals surface area contributed by atoms with Crippen LogP contribution < -0.4 is 17.2 Å². The maximum absolute atomic E-state index is 11.2. The number of nitrogens with one attached hydrogen (secondary N) is 1. The summed E-state index contributed by atoms with van der Waals surface area (Å²) in [6, 6.07) is 10.5. The Bertz CT molecular complexity index is 664. The molecule has 0 fully saturated rings. The van der Waals surface area contributed by atoms with Gasteiger partial charge in [-0.2, -0.15) is 0 Å². The highest BCUT2D eigenvalue weighted by Crippen LogP contribution is 2.29. The zero-order valence-corrected chi connectivity index (χ0v) is 10.2. The molecule has 5 nitrogen and oxygen atoms in total. The molecule has 0 bridgehead atoms. The Labute approximate surface area is 110 Å². The number of hydrogen-bond donors (Lipinski definition) is 4. The molecule has 2 aromatic rings. The number of rotatable bonds is 3. The molecule has 0 aliphatic carbocycles. The van der Waals surface area contributed by atoms with Crippen molar-refractivity contribution < 1.29 is 4.79 Å². The van der Waals surface area contributed by atoms with Crippen LogP contribution in [0.25, 0.3) is 11.1 Å². The maximum Gasteiger partial charge on any atom is 0.250 e. The number of nitrogen functional groups attached to an aromatic ring is 2. The first-order chi connectivity index (χ1) is 9.04. The first-order valence-electron chi connectivity index (χ1n) is 5.63. The van der Waals surface area contributed by atoms with E-state index in [-0.39, 0.29) is 11.3 Å². The molecule has 2 aromatic carbocycles. The fourth-order valence-electron chi connectivity index (χ4n) is 1.96. The lowest BCUT2D eigenvalue weighted by atomic mass is 9.95. The lowest BCUT2D eigenvalue weighted by Crippen LogP contribution is -2.15. The minimum atomic E-state index is -0.611. The fourth-order valence-corrected chi connectivity index (χ4v) is 1.96. The Morgan fingerprint density at radius 1 is 1.16 bits per heavy atom. The third kappa shape index (κ3) is 2.26. The average Bonchev–Trinajstić information content (AvgIpc) is 2.37. The van der Waals surface area contributed by atoms with Gasteiger partial charge in [-0.05, 0) is 29.3 Å². The summed E-state index contributed by atoms with van der Waals surface area (Å²) in [5.41, 5.74) is 19.9. The number of carbonyl (C=O) groups excluding carboxylic acids is 1. The summed E-state index contributed by atoms with van der Waals surface area (Å²) in [7, 11) is 0. The van der Waals surface area contributed by atoms with Gasteiger partial charge in [0, 0.05) is 17.5 Å². The molecule has 0 saturated heterocycles. The molecule has 5 heteroatoms. The maximum atomic E-state index is 11.2. The van der Waals surface area contributed by atoms with Gasteiger partial charge < -0.3 is 22.6 Å². The summed E-state index contributed by atoms with van der Waals surface area (Å²) < 4.78 is 0. The van der Waals surface area contributed by atoms with Crippen molar-refractivity contribution >= 4 is 23.5 Å². The Morgan fingerprint density at radius 3 is 2.47 bits per heavy atom. The predicted molar refractivity (Wildman–Crippen MR) is 77.1 cm³/mol. The second kappa shape index (κ2) is 4.81. The molecule has 0 aromatic heterocycles. The SMILES string of the molecule is N=Cc1c(-c2cccc(N)c2)ccc(C(N)=O)c1N. The smallest absolute Gasteiger partial charge is 0.250 e. The van der Waals surface area contributed by atoms with Crippen LogP contribution in [0, 0.1) is 5.41 Å². The van der Waals surface area contributed by atoms with E-state index < -0.39 is 5.91 Å². The summed E-state index contributed by atoms with van der Waals surface area (Å²) in [4.78, 5) is 11.2. The van der Waals surface area contributed by atoms with Gasteiger partial charge in [0.1, 0.15) is 0 Å². The van der Waals surface area contributed by atoms with Crippen molar-refractivity contribution in [1.82, 2.24) is 0 Å². The Morgan fingerprint density at radius 2 is 1.89 bits per heavy atom. The zero-order chi connectivity index (χ0) is 14.0. The van der Waals surface area contributed by atoms with E-state index in [1.807, 2.05) is 12.1 Å². The molecular formula is C14H14N4O. The quantitative estimate of drug-likeness (QED) is 0.492. The molecule has 0 aliphatic rings. The van der Waals surface area contributed by atoms with E-state index in [2.05, 4.69) is 0 Å². The molecule has 0 atom stereocenters. The highest BCUT2D eigenvalue weighted by molar-refractivity contribution is 6.05. The van der Waals surface area contributed by atoms with Crippen LogP contribution in [0.4, 0.5) is 11.4 Å². The first kappa shape index (κ1) is 12.6. The van der Waals surface area contributed by atoms with Crippen LogP contribution >= 0.6 is 0 Å². The van der Waals surface area contributed by atoms with Crippen molar-refractivity contribution in [3.8, 4) is 11.1 Å². The molecule has 2 rings (SSSR count). The van der Waals surface area contributed by atoms with Crippen molar-refractivity contribution in [2.24, 2.45) is 5.73 Å². The van der Waals surface area contributed by atoms with Crippen molar-refractivity contribution in [3.63, 3.8) is 0 Å². The van der Waals surface area contributed by atoms with Crippen molar-refractivity contribution in [2.75, 3.05) is 11.5 Å². The summed E-state index contributed by atoms with van der Waals surface area (Å²) in [6.45, 7) is 0. The summed E-state index contributed by atoms with van der Waals surface area (Å²) in [5, 5.41) is 7.48. The average molecular weight is 254 g/mol. The molecule has 0 spiro atoms. The van der Waals surface area contributed by atoms with Crippen molar-refractivity contribution in [1.29, 1.82) is 5.41 Å². The van der Waals surface area contributed by atoms with Crippen molar-refractivity contribution in [2.45, 2.75) is 0 Å². The van der Waals surface area contributed by atoms with Crippen LogP contribution in [0.1, 0.15) is 15.9 Å². The molecule has 96 valence electrons.